The molecule has 4 nitrogen and oxygen atoms in total. The van der Waals surface area contributed by atoms with Gasteiger partial charge in [-0.1, -0.05) is 6.07 Å². The molecule has 0 aliphatic rings. The standard InChI is InChI=1S/C11H15F4N3O/c12-10(13)11(14,15)7-19-6-9(18-16)5-8-3-1-2-4-17-8/h1-4,9-10,18H,5-7,16H2. The van der Waals surface area contributed by atoms with Crippen LogP contribution in [0.3, 0.4) is 0 Å². The molecule has 108 valence electrons. The summed E-state index contributed by atoms with van der Waals surface area (Å²) in [4.78, 5) is 4.03. The highest BCUT2D eigenvalue weighted by Crippen LogP contribution is 2.22. The largest absolute Gasteiger partial charge is 0.373 e. The summed E-state index contributed by atoms with van der Waals surface area (Å²) in [6.07, 6.45) is -1.82. The predicted octanol–water partition coefficient (Wildman–Crippen LogP) is 1.37. The zero-order chi connectivity index (χ0) is 14.3. The molecule has 1 rings (SSSR count). The van der Waals surface area contributed by atoms with Crippen molar-refractivity contribution in [3.8, 4) is 0 Å². The van der Waals surface area contributed by atoms with Crippen LogP contribution in [0.1, 0.15) is 5.69 Å². The third-order valence-corrected chi connectivity index (χ3v) is 2.35. The van der Waals surface area contributed by atoms with Gasteiger partial charge in [-0.25, -0.2) is 8.78 Å². The molecule has 0 radical (unpaired) electrons. The van der Waals surface area contributed by atoms with E-state index in [1.54, 1.807) is 24.4 Å². The third kappa shape index (κ3) is 5.50. The minimum absolute atomic E-state index is 0.213. The van der Waals surface area contributed by atoms with Gasteiger partial charge in [0.1, 0.15) is 6.61 Å². The lowest BCUT2D eigenvalue weighted by molar-refractivity contribution is -0.167. The van der Waals surface area contributed by atoms with Gasteiger partial charge in [-0.3, -0.25) is 16.3 Å². The first-order valence-corrected chi connectivity index (χ1v) is 5.55. The molecule has 1 aromatic heterocycles. The van der Waals surface area contributed by atoms with E-state index in [1.165, 1.54) is 0 Å². The fourth-order valence-corrected chi connectivity index (χ4v) is 1.34. The molecule has 0 saturated carbocycles. The van der Waals surface area contributed by atoms with Crippen LogP contribution in [0, 0.1) is 0 Å². The summed E-state index contributed by atoms with van der Waals surface area (Å²) < 4.78 is 53.5. The van der Waals surface area contributed by atoms with E-state index in [9.17, 15) is 17.6 Å². The first kappa shape index (κ1) is 15.8. The number of halogens is 4. The molecule has 8 heteroatoms. The average Bonchev–Trinajstić information content (AvgIpc) is 2.38. The molecule has 0 aliphatic carbocycles. The molecule has 1 heterocycles. The lowest BCUT2D eigenvalue weighted by atomic mass is 10.1. The van der Waals surface area contributed by atoms with Crippen molar-refractivity contribution in [1.29, 1.82) is 0 Å². The number of hydrogen-bond acceptors (Lipinski definition) is 4. The maximum atomic E-state index is 12.6. The van der Waals surface area contributed by atoms with E-state index in [2.05, 4.69) is 15.1 Å². The number of alkyl halides is 4. The molecule has 0 saturated heterocycles. The fraction of sp³-hybridized carbons (Fsp3) is 0.545. The Bertz CT molecular complexity index is 364. The van der Waals surface area contributed by atoms with Crippen molar-refractivity contribution in [2.24, 2.45) is 5.84 Å². The van der Waals surface area contributed by atoms with Gasteiger partial charge < -0.3 is 4.74 Å². The van der Waals surface area contributed by atoms with Crippen molar-refractivity contribution in [3.05, 3.63) is 30.1 Å². The van der Waals surface area contributed by atoms with Crippen LogP contribution in [0.2, 0.25) is 0 Å². The van der Waals surface area contributed by atoms with Gasteiger partial charge in [0, 0.05) is 24.4 Å². The highest BCUT2D eigenvalue weighted by atomic mass is 19.3. The Morgan fingerprint density at radius 2 is 2.11 bits per heavy atom. The number of ether oxygens (including phenoxy) is 1. The average molecular weight is 281 g/mol. The smallest absolute Gasteiger partial charge is 0.330 e. The van der Waals surface area contributed by atoms with Crippen LogP contribution in [-0.2, 0) is 11.2 Å². The Morgan fingerprint density at radius 3 is 2.63 bits per heavy atom. The molecular weight excluding hydrogens is 266 g/mol. The predicted molar refractivity (Wildman–Crippen MR) is 60.8 cm³/mol. The summed E-state index contributed by atoms with van der Waals surface area (Å²) in [5.74, 6) is 1.09. The van der Waals surface area contributed by atoms with E-state index in [4.69, 9.17) is 5.84 Å². The van der Waals surface area contributed by atoms with E-state index < -0.39 is 25.0 Å². The van der Waals surface area contributed by atoms with Gasteiger partial charge in [0.05, 0.1) is 6.61 Å². The number of nitrogens with two attached hydrogens (primary N) is 1. The minimum Gasteiger partial charge on any atom is -0.373 e. The van der Waals surface area contributed by atoms with E-state index in [0.29, 0.717) is 12.1 Å². The van der Waals surface area contributed by atoms with Gasteiger partial charge in [-0.2, -0.15) is 8.78 Å². The van der Waals surface area contributed by atoms with Gasteiger partial charge in [0.2, 0.25) is 0 Å². The van der Waals surface area contributed by atoms with Crippen LogP contribution in [0.25, 0.3) is 0 Å². The summed E-state index contributed by atoms with van der Waals surface area (Å²) in [5.41, 5.74) is 3.06. The van der Waals surface area contributed by atoms with Crippen LogP contribution >= 0.6 is 0 Å². The zero-order valence-electron chi connectivity index (χ0n) is 10.0. The summed E-state index contributed by atoms with van der Waals surface area (Å²) in [7, 11) is 0. The third-order valence-electron chi connectivity index (χ3n) is 2.35. The molecule has 0 bridgehead atoms. The lowest BCUT2D eigenvalue weighted by Gasteiger charge is -2.19. The van der Waals surface area contributed by atoms with Gasteiger partial charge >= 0.3 is 12.3 Å². The monoisotopic (exact) mass is 281 g/mol. The van der Waals surface area contributed by atoms with Gasteiger partial charge in [-0.05, 0) is 12.1 Å². The molecule has 0 fully saturated rings. The SMILES string of the molecule is NNC(COCC(F)(F)C(F)F)Cc1ccccn1. The summed E-state index contributed by atoms with van der Waals surface area (Å²) in [6, 6.07) is 4.75. The quantitative estimate of drug-likeness (QED) is 0.429. The normalized spacial score (nSPS) is 13.8. The molecule has 0 amide bonds. The Hall–Kier alpha value is -1.25. The lowest BCUT2D eigenvalue weighted by Crippen LogP contribution is -2.42. The summed E-state index contributed by atoms with van der Waals surface area (Å²) in [6.45, 7) is -1.56. The number of nitrogens with one attached hydrogen (secondary N) is 1. The molecule has 19 heavy (non-hydrogen) atoms. The molecule has 0 spiro atoms. The van der Waals surface area contributed by atoms with Crippen LogP contribution in [0.5, 0.6) is 0 Å². The second-order valence-corrected chi connectivity index (χ2v) is 3.97. The summed E-state index contributed by atoms with van der Waals surface area (Å²) in [5, 5.41) is 0. The van der Waals surface area contributed by atoms with E-state index in [0.717, 1.165) is 0 Å². The van der Waals surface area contributed by atoms with Crippen LogP contribution in [-0.4, -0.2) is 36.6 Å². The van der Waals surface area contributed by atoms with Gasteiger partial charge in [0.15, 0.2) is 0 Å². The first-order chi connectivity index (χ1) is 8.95. The molecule has 1 atom stereocenters. The molecule has 1 unspecified atom stereocenters. The summed E-state index contributed by atoms with van der Waals surface area (Å²) >= 11 is 0. The fourth-order valence-electron chi connectivity index (χ4n) is 1.34. The molecule has 0 aliphatic heterocycles. The van der Waals surface area contributed by atoms with Crippen LogP contribution in [0.15, 0.2) is 24.4 Å². The van der Waals surface area contributed by atoms with Gasteiger partial charge in [0.25, 0.3) is 0 Å². The van der Waals surface area contributed by atoms with Crippen LogP contribution < -0.4 is 11.3 Å². The Labute approximate surface area is 107 Å². The topological polar surface area (TPSA) is 60.2 Å². The number of hydrogen-bond donors (Lipinski definition) is 2. The second-order valence-electron chi connectivity index (χ2n) is 3.97. The molecular formula is C11H15F4N3O. The maximum absolute atomic E-state index is 12.6. The van der Waals surface area contributed by atoms with E-state index in [-0.39, 0.29) is 6.61 Å². The molecule has 1 aromatic rings. The van der Waals surface area contributed by atoms with Crippen molar-refractivity contribution in [2.45, 2.75) is 24.8 Å². The Kier molecular flexibility index (Phi) is 6.13. The molecule has 3 N–H and O–H groups in total. The molecule has 0 aromatic carbocycles. The highest BCUT2D eigenvalue weighted by Gasteiger charge is 2.41. The number of pyridine rings is 1. The Balaban J connectivity index is 2.38. The number of nitrogens with zero attached hydrogens (tertiary/aromatic N) is 1. The van der Waals surface area contributed by atoms with Crippen LogP contribution in [0.4, 0.5) is 17.6 Å². The number of rotatable bonds is 8. The van der Waals surface area contributed by atoms with Crippen molar-refractivity contribution in [3.63, 3.8) is 0 Å². The number of hydrazine groups is 1. The van der Waals surface area contributed by atoms with Crippen molar-refractivity contribution in [2.75, 3.05) is 13.2 Å². The highest BCUT2D eigenvalue weighted by molar-refractivity contribution is 5.05. The zero-order valence-corrected chi connectivity index (χ0v) is 10.0. The number of aromatic nitrogens is 1. The minimum atomic E-state index is -4.15. The van der Waals surface area contributed by atoms with Gasteiger partial charge in [-0.15, -0.1) is 0 Å². The Morgan fingerprint density at radius 1 is 1.37 bits per heavy atom. The maximum Gasteiger partial charge on any atom is 0.330 e. The van der Waals surface area contributed by atoms with E-state index in [1.807, 2.05) is 0 Å². The first-order valence-electron chi connectivity index (χ1n) is 5.55. The van der Waals surface area contributed by atoms with Crippen molar-refractivity contribution < 1.29 is 22.3 Å². The van der Waals surface area contributed by atoms with E-state index >= 15 is 0 Å². The van der Waals surface area contributed by atoms with Crippen molar-refractivity contribution >= 4 is 0 Å². The van der Waals surface area contributed by atoms with Crippen molar-refractivity contribution in [1.82, 2.24) is 10.4 Å². The second kappa shape index (κ2) is 7.37.